The molecule has 0 radical (unpaired) electrons. The topological polar surface area (TPSA) is 44.0 Å². The third-order valence-electron chi connectivity index (χ3n) is 7.37. The fraction of sp³-hybridized carbons (Fsp3) is 0.300. The number of hydrogen-bond donors (Lipinski definition) is 2. The van der Waals surface area contributed by atoms with E-state index < -0.39 is 0 Å². The van der Waals surface area contributed by atoms with E-state index >= 15 is 0 Å². The van der Waals surface area contributed by atoms with Crippen molar-refractivity contribution < 1.29 is 0 Å². The molecular formula is C30H34N4. The molecule has 0 spiro atoms. The fourth-order valence-corrected chi connectivity index (χ4v) is 5.65. The predicted molar refractivity (Wildman–Crippen MR) is 140 cm³/mol. The number of imidazole rings is 1. The van der Waals surface area contributed by atoms with Gasteiger partial charge in [0.15, 0.2) is 0 Å². The maximum Gasteiger partial charge on any atom is 0.138 e. The lowest BCUT2D eigenvalue weighted by molar-refractivity contribution is 0.0673. The van der Waals surface area contributed by atoms with Gasteiger partial charge in [0.2, 0.25) is 0 Å². The van der Waals surface area contributed by atoms with Gasteiger partial charge in [0.1, 0.15) is 5.82 Å². The van der Waals surface area contributed by atoms with Crippen LogP contribution in [0.15, 0.2) is 84.9 Å². The van der Waals surface area contributed by atoms with Crippen molar-refractivity contribution >= 4 is 0 Å². The molecule has 1 saturated heterocycles. The van der Waals surface area contributed by atoms with Crippen molar-refractivity contribution in [1.29, 1.82) is 0 Å². The summed E-state index contributed by atoms with van der Waals surface area (Å²) in [5.74, 6) is 1.09. The molecule has 1 unspecified atom stereocenters. The van der Waals surface area contributed by atoms with Crippen LogP contribution in [-0.2, 0) is 5.54 Å². The molecule has 1 aliphatic heterocycles. The van der Waals surface area contributed by atoms with Crippen LogP contribution in [0.5, 0.6) is 0 Å². The molecule has 1 fully saturated rings. The normalized spacial score (nSPS) is 16.5. The van der Waals surface area contributed by atoms with Gasteiger partial charge in [-0.2, -0.15) is 0 Å². The first-order chi connectivity index (χ1) is 16.6. The minimum Gasteiger partial charge on any atom is -0.342 e. The van der Waals surface area contributed by atoms with Crippen molar-refractivity contribution in [3.8, 4) is 11.4 Å². The molecule has 5 rings (SSSR count). The van der Waals surface area contributed by atoms with Gasteiger partial charge in [0.05, 0.1) is 11.2 Å². The van der Waals surface area contributed by atoms with Gasteiger partial charge in [0.25, 0.3) is 0 Å². The lowest BCUT2D eigenvalue weighted by Gasteiger charge is -2.48. The Morgan fingerprint density at radius 2 is 1.35 bits per heavy atom. The maximum absolute atomic E-state index is 5.34. The fourth-order valence-electron chi connectivity index (χ4n) is 5.65. The van der Waals surface area contributed by atoms with Gasteiger partial charge in [-0.25, -0.2) is 4.98 Å². The molecule has 3 aromatic carbocycles. The Hall–Kier alpha value is -3.21. The zero-order valence-electron chi connectivity index (χ0n) is 20.4. The second-order valence-corrected chi connectivity index (χ2v) is 9.51. The zero-order valence-corrected chi connectivity index (χ0v) is 20.4. The average Bonchev–Trinajstić information content (AvgIpc) is 3.28. The summed E-state index contributed by atoms with van der Waals surface area (Å²) >= 11 is 0. The first-order valence-corrected chi connectivity index (χ1v) is 12.3. The van der Waals surface area contributed by atoms with Gasteiger partial charge in [-0.15, -0.1) is 0 Å². The van der Waals surface area contributed by atoms with E-state index in [1.165, 1.54) is 16.7 Å². The highest BCUT2D eigenvalue weighted by Crippen LogP contribution is 2.47. The van der Waals surface area contributed by atoms with E-state index in [2.05, 4.69) is 121 Å². The molecule has 0 saturated carbocycles. The highest BCUT2D eigenvalue weighted by atomic mass is 15.3. The number of hydrogen-bond acceptors (Lipinski definition) is 3. The van der Waals surface area contributed by atoms with Crippen molar-refractivity contribution in [2.24, 2.45) is 0 Å². The summed E-state index contributed by atoms with van der Waals surface area (Å²) in [5.41, 5.74) is 6.96. The molecule has 4 heteroatoms. The Morgan fingerprint density at radius 1 is 0.794 bits per heavy atom. The van der Waals surface area contributed by atoms with E-state index in [-0.39, 0.29) is 11.5 Å². The van der Waals surface area contributed by atoms with E-state index in [0.29, 0.717) is 0 Å². The summed E-state index contributed by atoms with van der Waals surface area (Å²) in [6.07, 6.45) is 0. The molecule has 4 nitrogen and oxygen atoms in total. The third-order valence-corrected chi connectivity index (χ3v) is 7.37. The molecule has 34 heavy (non-hydrogen) atoms. The van der Waals surface area contributed by atoms with Gasteiger partial charge in [-0.1, -0.05) is 84.9 Å². The van der Waals surface area contributed by atoms with Gasteiger partial charge < -0.3 is 10.3 Å². The van der Waals surface area contributed by atoms with Crippen LogP contribution >= 0.6 is 0 Å². The standard InChI is InChI=1S/C30H34N4/c1-22-12-10-11-17-26(22)29-32-23(2)28(33-29)30(3,34-20-18-31-19-21-34)27(24-13-6-4-7-14-24)25-15-8-5-9-16-25/h4-17,27,31H,18-21H2,1-3H3,(H,32,33). The average molecular weight is 451 g/mol. The molecule has 0 amide bonds. The Labute approximate surface area is 203 Å². The van der Waals surface area contributed by atoms with Gasteiger partial charge in [-0.3, -0.25) is 4.90 Å². The summed E-state index contributed by atoms with van der Waals surface area (Å²) in [6.45, 7) is 10.7. The van der Waals surface area contributed by atoms with E-state index in [1.54, 1.807) is 0 Å². The van der Waals surface area contributed by atoms with E-state index in [1.807, 2.05) is 0 Å². The number of nitrogens with zero attached hydrogens (tertiary/aromatic N) is 2. The van der Waals surface area contributed by atoms with Gasteiger partial charge in [-0.05, 0) is 37.5 Å². The number of rotatable bonds is 6. The summed E-state index contributed by atoms with van der Waals surface area (Å²) in [6, 6.07) is 30.4. The Bertz CT molecular complexity index is 1190. The van der Waals surface area contributed by atoms with Gasteiger partial charge >= 0.3 is 0 Å². The molecule has 2 heterocycles. The first-order valence-electron chi connectivity index (χ1n) is 12.3. The van der Waals surface area contributed by atoms with Crippen molar-refractivity contribution in [1.82, 2.24) is 20.2 Å². The monoisotopic (exact) mass is 450 g/mol. The highest BCUT2D eigenvalue weighted by molar-refractivity contribution is 5.61. The number of aromatic amines is 1. The van der Waals surface area contributed by atoms with Crippen molar-refractivity contribution in [3.05, 3.63) is 113 Å². The predicted octanol–water partition coefficient (Wildman–Crippen LogP) is 5.65. The van der Waals surface area contributed by atoms with E-state index in [4.69, 9.17) is 4.98 Å². The lowest BCUT2D eigenvalue weighted by Crippen LogP contribution is -2.56. The van der Waals surface area contributed by atoms with Crippen LogP contribution in [-0.4, -0.2) is 41.0 Å². The van der Waals surface area contributed by atoms with Crippen molar-refractivity contribution in [2.45, 2.75) is 32.2 Å². The summed E-state index contributed by atoms with van der Waals surface area (Å²) in [4.78, 5) is 11.6. The number of H-pyrrole nitrogens is 1. The van der Waals surface area contributed by atoms with Crippen LogP contribution in [0.2, 0.25) is 0 Å². The Kier molecular flexibility index (Phi) is 6.36. The third kappa shape index (κ3) is 4.08. The van der Waals surface area contributed by atoms with Crippen LogP contribution in [0.3, 0.4) is 0 Å². The Balaban J connectivity index is 1.73. The maximum atomic E-state index is 5.34. The molecule has 1 aliphatic rings. The largest absolute Gasteiger partial charge is 0.342 e. The number of aryl methyl sites for hydroxylation is 2. The quantitative estimate of drug-likeness (QED) is 0.399. The van der Waals surface area contributed by atoms with Crippen LogP contribution in [0.1, 0.15) is 40.9 Å². The molecular weight excluding hydrogens is 416 g/mol. The molecule has 0 bridgehead atoms. The molecule has 1 atom stereocenters. The summed E-state index contributed by atoms with van der Waals surface area (Å²) in [5, 5.41) is 3.54. The minimum absolute atomic E-state index is 0.139. The second-order valence-electron chi connectivity index (χ2n) is 9.51. The molecule has 2 N–H and O–H groups in total. The second kappa shape index (κ2) is 9.57. The SMILES string of the molecule is Cc1ccccc1-c1nc(C(C)(C(c2ccccc2)c2ccccc2)N2CCNCC2)c(C)[nH]1. The van der Waals surface area contributed by atoms with Crippen LogP contribution in [0, 0.1) is 13.8 Å². The van der Waals surface area contributed by atoms with Crippen LogP contribution in [0.4, 0.5) is 0 Å². The number of piperazine rings is 1. The Morgan fingerprint density at radius 3 is 1.94 bits per heavy atom. The molecule has 0 aliphatic carbocycles. The van der Waals surface area contributed by atoms with Crippen LogP contribution in [0.25, 0.3) is 11.4 Å². The smallest absolute Gasteiger partial charge is 0.138 e. The van der Waals surface area contributed by atoms with Gasteiger partial charge in [0, 0.05) is 43.4 Å². The zero-order chi connectivity index (χ0) is 23.5. The molecule has 4 aromatic rings. The van der Waals surface area contributed by atoms with E-state index in [0.717, 1.165) is 49.0 Å². The van der Waals surface area contributed by atoms with Crippen molar-refractivity contribution in [2.75, 3.05) is 26.2 Å². The molecule has 174 valence electrons. The summed E-state index contributed by atoms with van der Waals surface area (Å²) in [7, 11) is 0. The minimum atomic E-state index is -0.327. The number of aromatic nitrogens is 2. The number of benzene rings is 3. The lowest BCUT2D eigenvalue weighted by atomic mass is 9.72. The molecule has 1 aromatic heterocycles. The van der Waals surface area contributed by atoms with Crippen molar-refractivity contribution in [3.63, 3.8) is 0 Å². The summed E-state index contributed by atoms with van der Waals surface area (Å²) < 4.78 is 0. The van der Waals surface area contributed by atoms with Crippen LogP contribution < -0.4 is 5.32 Å². The highest BCUT2D eigenvalue weighted by Gasteiger charge is 2.46. The number of nitrogens with one attached hydrogen (secondary N) is 2. The van der Waals surface area contributed by atoms with E-state index in [9.17, 15) is 0 Å². The first kappa shape index (κ1) is 22.6.